The molecule has 190 valence electrons. The number of pyridine rings is 1. The first-order valence-corrected chi connectivity index (χ1v) is 11.5. The number of primary amides is 1. The van der Waals surface area contributed by atoms with Gasteiger partial charge in [-0.1, -0.05) is 24.3 Å². The van der Waals surface area contributed by atoms with E-state index in [-0.39, 0.29) is 30.0 Å². The van der Waals surface area contributed by atoms with E-state index in [1.807, 2.05) is 39.8 Å². The van der Waals surface area contributed by atoms with Gasteiger partial charge in [-0.25, -0.2) is 13.6 Å². The van der Waals surface area contributed by atoms with Crippen LogP contribution < -0.4 is 5.73 Å². The molecule has 0 bridgehead atoms. The van der Waals surface area contributed by atoms with Crippen molar-refractivity contribution < 1.29 is 18.3 Å². The minimum atomic E-state index is -0.982. The molecule has 2 aromatic heterocycles. The topological polar surface area (TPSA) is 70.1 Å². The summed E-state index contributed by atoms with van der Waals surface area (Å²) in [6.45, 7) is 8.11. The zero-order valence-corrected chi connectivity index (χ0v) is 21.5. The smallest absolute Gasteiger partial charge is 0.405 e. The van der Waals surface area contributed by atoms with E-state index >= 15 is 0 Å². The number of carbonyl (C=O) groups is 1. The zero-order valence-electron chi connectivity index (χ0n) is 20.7. The molecule has 0 fully saturated rings. The highest BCUT2D eigenvalue weighted by molar-refractivity contribution is 5.85. The maximum atomic E-state index is 13.9. The molecule has 0 aliphatic carbocycles. The monoisotopic (exact) mass is 513 g/mol. The van der Waals surface area contributed by atoms with Crippen LogP contribution in [-0.4, -0.2) is 21.2 Å². The minimum absolute atomic E-state index is 0. The first-order chi connectivity index (χ1) is 16.6. The lowest BCUT2D eigenvalue weighted by Crippen LogP contribution is -2.38. The predicted octanol–water partition coefficient (Wildman–Crippen LogP) is 6.60. The van der Waals surface area contributed by atoms with Gasteiger partial charge in [0.1, 0.15) is 17.2 Å². The van der Waals surface area contributed by atoms with Crippen molar-refractivity contribution >= 4 is 29.5 Å². The molecular formula is C28H30ClF2N3O2. The molecule has 1 amide bonds. The van der Waals surface area contributed by atoms with E-state index in [0.29, 0.717) is 13.0 Å². The van der Waals surface area contributed by atoms with Gasteiger partial charge >= 0.3 is 6.09 Å². The highest BCUT2D eigenvalue weighted by Gasteiger charge is 2.36. The van der Waals surface area contributed by atoms with Crippen molar-refractivity contribution in [3.63, 3.8) is 0 Å². The fourth-order valence-corrected chi connectivity index (χ4v) is 4.78. The maximum Gasteiger partial charge on any atom is 0.405 e. The highest BCUT2D eigenvalue weighted by atomic mass is 35.5. The molecule has 2 N–H and O–H groups in total. The molecule has 1 atom stereocenters. The predicted molar refractivity (Wildman–Crippen MR) is 140 cm³/mol. The van der Waals surface area contributed by atoms with Gasteiger partial charge in [-0.3, -0.25) is 4.98 Å². The number of nitrogens with zero attached hydrogens (tertiary/aromatic N) is 2. The van der Waals surface area contributed by atoms with Crippen LogP contribution in [-0.2, 0) is 17.7 Å². The maximum absolute atomic E-state index is 13.9. The summed E-state index contributed by atoms with van der Waals surface area (Å²) >= 11 is 0. The molecule has 4 rings (SSSR count). The van der Waals surface area contributed by atoms with Crippen LogP contribution in [0.15, 0.2) is 60.8 Å². The number of fused-ring (bicyclic) bond motifs is 1. The van der Waals surface area contributed by atoms with E-state index in [9.17, 15) is 13.6 Å². The molecule has 0 saturated heterocycles. The van der Waals surface area contributed by atoms with Gasteiger partial charge in [-0.2, -0.15) is 0 Å². The van der Waals surface area contributed by atoms with Crippen molar-refractivity contribution in [2.45, 2.75) is 52.2 Å². The van der Waals surface area contributed by atoms with Crippen molar-refractivity contribution in [3.05, 3.63) is 100 Å². The fraction of sp³-hybridized carbons (Fsp3) is 0.286. The second kappa shape index (κ2) is 10.7. The number of benzene rings is 2. The Hall–Kier alpha value is -3.45. The summed E-state index contributed by atoms with van der Waals surface area (Å²) in [5.41, 5.74) is 10.8. The van der Waals surface area contributed by atoms with Crippen molar-refractivity contribution in [2.24, 2.45) is 5.73 Å². The number of rotatable bonds is 7. The van der Waals surface area contributed by atoms with Crippen LogP contribution >= 0.6 is 12.4 Å². The Balaban J connectivity index is 0.00000361. The summed E-state index contributed by atoms with van der Waals surface area (Å²) in [5.74, 6) is -0.942. The first kappa shape index (κ1) is 27.1. The van der Waals surface area contributed by atoms with E-state index in [0.717, 1.165) is 39.0 Å². The van der Waals surface area contributed by atoms with Crippen molar-refractivity contribution in [3.8, 4) is 0 Å². The van der Waals surface area contributed by atoms with Crippen molar-refractivity contribution in [1.29, 1.82) is 0 Å². The number of hydrogen-bond donors (Lipinski definition) is 1. The third-order valence-corrected chi connectivity index (χ3v) is 6.69. The summed E-state index contributed by atoms with van der Waals surface area (Å²) in [4.78, 5) is 16.5. The molecule has 4 aromatic rings. The van der Waals surface area contributed by atoms with Crippen LogP contribution in [0.3, 0.4) is 0 Å². The average molecular weight is 514 g/mol. The minimum Gasteiger partial charge on any atom is -0.443 e. The van der Waals surface area contributed by atoms with Gasteiger partial charge < -0.3 is 15.0 Å². The van der Waals surface area contributed by atoms with E-state index in [4.69, 9.17) is 10.5 Å². The summed E-state index contributed by atoms with van der Waals surface area (Å²) in [6, 6.07) is 14.7. The van der Waals surface area contributed by atoms with Crippen LogP contribution in [0.1, 0.15) is 47.7 Å². The van der Waals surface area contributed by atoms with E-state index in [1.54, 1.807) is 24.4 Å². The number of hydrogen-bond acceptors (Lipinski definition) is 3. The van der Waals surface area contributed by atoms with Crippen LogP contribution in [0.4, 0.5) is 13.6 Å². The molecular weight excluding hydrogens is 484 g/mol. The second-order valence-corrected chi connectivity index (χ2v) is 9.43. The lowest BCUT2D eigenvalue weighted by Gasteiger charge is -2.34. The Bertz CT molecular complexity index is 1380. The molecule has 8 heteroatoms. The van der Waals surface area contributed by atoms with Crippen LogP contribution in [0, 0.1) is 25.5 Å². The number of halogens is 3. The van der Waals surface area contributed by atoms with Crippen LogP contribution in [0.2, 0.25) is 0 Å². The number of carbonyl (C=O) groups excluding carboxylic acids is 1. The Labute approximate surface area is 215 Å². The molecule has 2 heterocycles. The molecule has 0 radical (unpaired) electrons. The van der Waals surface area contributed by atoms with Gasteiger partial charge in [0.05, 0.1) is 11.0 Å². The highest BCUT2D eigenvalue weighted by Crippen LogP contribution is 2.39. The number of amides is 1. The standard InChI is InChI=1S/C28H29F2N3O2.ClH/c1-17-18(2)33(16-20-6-5-7-22(30)14-20)26-23(12-13-32-25(17)26)24(28(3,4)35-27(31)34)15-19-8-10-21(29)11-9-19;/h5-14,24H,15-16H2,1-4H3,(H2,31,34);1H. The number of aryl methyl sites for hydroxylation is 1. The molecule has 2 aromatic carbocycles. The quantitative estimate of drug-likeness (QED) is 0.302. The Morgan fingerprint density at radius 3 is 2.39 bits per heavy atom. The van der Waals surface area contributed by atoms with E-state index < -0.39 is 11.7 Å². The summed E-state index contributed by atoms with van der Waals surface area (Å²) in [6.07, 6.45) is 1.35. The molecule has 0 aliphatic rings. The zero-order chi connectivity index (χ0) is 25.3. The molecule has 0 spiro atoms. The van der Waals surface area contributed by atoms with Crippen LogP contribution in [0.25, 0.3) is 11.0 Å². The van der Waals surface area contributed by atoms with Gasteiger partial charge in [-0.15, -0.1) is 12.4 Å². The van der Waals surface area contributed by atoms with Gasteiger partial charge in [0.25, 0.3) is 0 Å². The number of aromatic nitrogens is 2. The summed E-state index contributed by atoms with van der Waals surface area (Å²) in [7, 11) is 0. The molecule has 0 aliphatic heterocycles. The van der Waals surface area contributed by atoms with Gasteiger partial charge in [0.2, 0.25) is 0 Å². The average Bonchev–Trinajstić information content (AvgIpc) is 3.03. The molecule has 0 saturated carbocycles. The number of nitrogens with two attached hydrogens (primary N) is 1. The lowest BCUT2D eigenvalue weighted by molar-refractivity contribution is 0.0239. The summed E-state index contributed by atoms with van der Waals surface area (Å²) in [5, 5.41) is 0. The normalized spacial score (nSPS) is 12.3. The molecule has 5 nitrogen and oxygen atoms in total. The van der Waals surface area contributed by atoms with Crippen molar-refractivity contribution in [1.82, 2.24) is 9.55 Å². The Morgan fingerprint density at radius 2 is 1.75 bits per heavy atom. The summed E-state index contributed by atoms with van der Waals surface area (Å²) < 4.78 is 35.2. The number of ether oxygens (including phenoxy) is 1. The lowest BCUT2D eigenvalue weighted by atomic mass is 9.79. The van der Waals surface area contributed by atoms with Crippen LogP contribution in [0.5, 0.6) is 0 Å². The van der Waals surface area contributed by atoms with E-state index in [2.05, 4.69) is 9.55 Å². The van der Waals surface area contributed by atoms with Gasteiger partial charge in [0, 0.05) is 24.4 Å². The molecule has 1 unspecified atom stereocenters. The van der Waals surface area contributed by atoms with Gasteiger partial charge in [0.15, 0.2) is 0 Å². The Kier molecular flexibility index (Phi) is 8.04. The van der Waals surface area contributed by atoms with Gasteiger partial charge in [-0.05, 0) is 86.7 Å². The second-order valence-electron chi connectivity index (χ2n) is 9.43. The SMILES string of the molecule is Cc1c(C)n(Cc2cccc(F)c2)c2c(C(Cc3ccc(F)cc3)C(C)(C)OC(N)=O)ccnc12.Cl. The largest absolute Gasteiger partial charge is 0.443 e. The molecule has 36 heavy (non-hydrogen) atoms. The fourth-order valence-electron chi connectivity index (χ4n) is 4.78. The Morgan fingerprint density at radius 1 is 1.06 bits per heavy atom. The third-order valence-electron chi connectivity index (χ3n) is 6.69. The van der Waals surface area contributed by atoms with E-state index in [1.165, 1.54) is 24.3 Å². The van der Waals surface area contributed by atoms with Crippen molar-refractivity contribution in [2.75, 3.05) is 0 Å². The third kappa shape index (κ3) is 5.51. The first-order valence-electron chi connectivity index (χ1n) is 11.5.